The van der Waals surface area contributed by atoms with Crippen molar-refractivity contribution >= 4 is 11.9 Å². The summed E-state index contributed by atoms with van der Waals surface area (Å²) in [6.45, 7) is 2.37. The molecule has 0 saturated carbocycles. The molecule has 0 radical (unpaired) electrons. The second-order valence-electron chi connectivity index (χ2n) is 7.60. The zero-order valence-corrected chi connectivity index (χ0v) is 18.1. The Morgan fingerprint density at radius 1 is 1.12 bits per heavy atom. The van der Waals surface area contributed by atoms with Gasteiger partial charge in [-0.1, -0.05) is 24.3 Å². The van der Waals surface area contributed by atoms with Crippen LogP contribution in [0.3, 0.4) is 0 Å². The molecular formula is C23H25F3N4O3. The molecule has 0 aliphatic carbocycles. The molecule has 0 aromatic heterocycles. The molecule has 33 heavy (non-hydrogen) atoms. The van der Waals surface area contributed by atoms with Crippen molar-refractivity contribution in [2.45, 2.75) is 26.1 Å². The van der Waals surface area contributed by atoms with E-state index >= 15 is 0 Å². The van der Waals surface area contributed by atoms with Gasteiger partial charge in [0.1, 0.15) is 12.2 Å². The third-order valence-electron chi connectivity index (χ3n) is 5.22. The van der Waals surface area contributed by atoms with Gasteiger partial charge in [0.15, 0.2) is 0 Å². The van der Waals surface area contributed by atoms with E-state index in [-0.39, 0.29) is 18.8 Å². The summed E-state index contributed by atoms with van der Waals surface area (Å²) in [7, 11) is 0. The highest BCUT2D eigenvalue weighted by Crippen LogP contribution is 2.32. The number of nitrogens with two attached hydrogens (primary N) is 2. The fraction of sp³-hybridized carbons (Fsp3) is 0.304. The molecule has 0 fully saturated rings. The maximum absolute atomic E-state index is 12.8. The lowest BCUT2D eigenvalue weighted by Gasteiger charge is -2.29. The van der Waals surface area contributed by atoms with Gasteiger partial charge in [-0.25, -0.2) is 5.84 Å². The fourth-order valence-corrected chi connectivity index (χ4v) is 3.58. The van der Waals surface area contributed by atoms with Crippen LogP contribution in [0.2, 0.25) is 0 Å². The minimum atomic E-state index is -4.39. The Hall–Kier alpha value is -3.53. The maximum atomic E-state index is 12.8. The van der Waals surface area contributed by atoms with Crippen LogP contribution in [0, 0.1) is 0 Å². The van der Waals surface area contributed by atoms with Crippen molar-refractivity contribution in [1.29, 1.82) is 0 Å². The van der Waals surface area contributed by atoms with Crippen molar-refractivity contribution < 1.29 is 27.5 Å². The maximum Gasteiger partial charge on any atom is 0.416 e. The molecule has 0 spiro atoms. The van der Waals surface area contributed by atoms with E-state index in [1.807, 2.05) is 18.2 Å². The van der Waals surface area contributed by atoms with E-state index in [2.05, 4.69) is 0 Å². The third kappa shape index (κ3) is 6.04. The number of hydrogen-bond donors (Lipinski definition) is 2. The van der Waals surface area contributed by atoms with Crippen molar-refractivity contribution in [1.82, 2.24) is 9.91 Å². The Bertz CT molecular complexity index is 1050. The second-order valence-corrected chi connectivity index (χ2v) is 7.60. The van der Waals surface area contributed by atoms with Crippen molar-refractivity contribution in [3.8, 4) is 11.1 Å². The number of ether oxygens (including phenoxy) is 1. The summed E-state index contributed by atoms with van der Waals surface area (Å²) in [6, 6.07) is 10.6. The number of amides is 1. The fourth-order valence-electron chi connectivity index (χ4n) is 3.58. The van der Waals surface area contributed by atoms with Crippen LogP contribution in [0.4, 0.5) is 13.2 Å². The van der Waals surface area contributed by atoms with Crippen LogP contribution in [0.15, 0.2) is 54.4 Å². The zero-order valence-electron chi connectivity index (χ0n) is 18.1. The highest BCUT2D eigenvalue weighted by Gasteiger charge is 2.30. The van der Waals surface area contributed by atoms with Crippen LogP contribution in [-0.4, -0.2) is 41.5 Å². The minimum Gasteiger partial charge on any atom is -0.465 e. The molecule has 2 aromatic rings. The van der Waals surface area contributed by atoms with Gasteiger partial charge in [0.2, 0.25) is 0 Å². The summed E-state index contributed by atoms with van der Waals surface area (Å²) in [4.78, 5) is 25.8. The molecule has 0 saturated heterocycles. The Morgan fingerprint density at radius 3 is 2.42 bits per heavy atom. The van der Waals surface area contributed by atoms with E-state index in [4.69, 9.17) is 16.3 Å². The molecular weight excluding hydrogens is 437 g/mol. The summed E-state index contributed by atoms with van der Waals surface area (Å²) in [5.41, 5.74) is 8.40. The molecule has 2 aromatic carbocycles. The lowest BCUT2D eigenvalue weighted by Crippen LogP contribution is -2.40. The van der Waals surface area contributed by atoms with Gasteiger partial charge in [0, 0.05) is 19.3 Å². The minimum absolute atomic E-state index is 0.121. The van der Waals surface area contributed by atoms with E-state index in [0.717, 1.165) is 33.8 Å². The monoisotopic (exact) mass is 462 g/mol. The molecule has 1 amide bonds. The summed E-state index contributed by atoms with van der Waals surface area (Å²) < 4.78 is 43.3. The Labute approximate surface area is 189 Å². The number of carbonyl (C=O) groups is 2. The predicted octanol–water partition coefficient (Wildman–Crippen LogP) is 2.80. The number of hydrazine groups is 1. The zero-order chi connectivity index (χ0) is 24.2. The van der Waals surface area contributed by atoms with Crippen molar-refractivity contribution in [3.63, 3.8) is 0 Å². The Balaban J connectivity index is 1.72. The first-order chi connectivity index (χ1) is 15.6. The first-order valence-electron chi connectivity index (χ1n) is 10.3. The second kappa shape index (κ2) is 9.95. The smallest absolute Gasteiger partial charge is 0.416 e. The molecule has 0 bridgehead atoms. The predicted molar refractivity (Wildman–Crippen MR) is 116 cm³/mol. The van der Waals surface area contributed by atoms with Crippen molar-refractivity contribution in [2.75, 3.05) is 19.7 Å². The number of rotatable bonds is 6. The number of halogens is 3. The molecule has 1 aliphatic heterocycles. The number of esters is 1. The van der Waals surface area contributed by atoms with Crippen LogP contribution < -0.4 is 11.6 Å². The van der Waals surface area contributed by atoms with E-state index < -0.39 is 23.6 Å². The first kappa shape index (κ1) is 24.1. The molecule has 3 rings (SSSR count). The summed E-state index contributed by atoms with van der Waals surface area (Å²) in [6.07, 6.45) is -2.59. The molecule has 4 N–H and O–H groups in total. The molecule has 7 nitrogen and oxygen atoms in total. The summed E-state index contributed by atoms with van der Waals surface area (Å²) in [5.74, 6) is 4.73. The van der Waals surface area contributed by atoms with Crippen LogP contribution >= 0.6 is 0 Å². The highest BCUT2D eigenvalue weighted by atomic mass is 19.4. The number of hydrogen-bond acceptors (Lipinski definition) is 6. The van der Waals surface area contributed by atoms with Crippen molar-refractivity contribution in [2.24, 2.45) is 11.6 Å². The van der Waals surface area contributed by atoms with Gasteiger partial charge in [-0.15, -0.1) is 0 Å². The van der Waals surface area contributed by atoms with Gasteiger partial charge >= 0.3 is 12.1 Å². The number of carbonyl (C=O) groups excluding carboxylic acids is 2. The lowest BCUT2D eigenvalue weighted by atomic mass is 9.94. The Kier molecular flexibility index (Phi) is 7.27. The molecule has 1 aliphatic rings. The average Bonchev–Trinajstić information content (AvgIpc) is 2.77. The number of alkyl halides is 3. The molecule has 1 heterocycles. The lowest BCUT2D eigenvalue weighted by molar-refractivity contribution is -0.144. The largest absolute Gasteiger partial charge is 0.465 e. The molecule has 176 valence electrons. The van der Waals surface area contributed by atoms with Crippen LogP contribution in [0.25, 0.3) is 11.1 Å². The van der Waals surface area contributed by atoms with Gasteiger partial charge < -0.3 is 20.4 Å². The number of fused-ring (bicyclic) bond motifs is 1. The number of nitrogens with zero attached hydrogens (tertiary/aromatic N) is 2. The van der Waals surface area contributed by atoms with E-state index in [9.17, 15) is 22.8 Å². The van der Waals surface area contributed by atoms with Gasteiger partial charge in [-0.3, -0.25) is 9.59 Å². The third-order valence-corrected chi connectivity index (χ3v) is 5.22. The molecule has 0 atom stereocenters. The van der Waals surface area contributed by atoms with Crippen LogP contribution in [-0.2, 0) is 33.5 Å². The average molecular weight is 462 g/mol. The molecule has 0 unspecified atom stereocenters. The standard InChI is InChI=1S/C23H25F3N4O3/c1-2-33-21(31)14-30(28)13-20(27)22(32)29-10-9-16-3-4-17(11-18(16)12-29)15-5-7-19(8-6-15)23(24,25)26/h3-8,11,13H,2,9-10,12,14,27-28H2,1H3/b20-13-. The number of benzene rings is 2. The van der Waals surface area contributed by atoms with Crippen molar-refractivity contribution in [3.05, 3.63) is 71.1 Å². The topological polar surface area (TPSA) is 102 Å². The van der Waals surface area contributed by atoms with Gasteiger partial charge in [0.25, 0.3) is 5.91 Å². The van der Waals surface area contributed by atoms with E-state index in [1.54, 1.807) is 11.8 Å². The van der Waals surface area contributed by atoms with E-state index in [0.29, 0.717) is 25.1 Å². The molecule has 10 heteroatoms. The highest BCUT2D eigenvalue weighted by molar-refractivity contribution is 5.92. The summed E-state index contributed by atoms with van der Waals surface area (Å²) >= 11 is 0. The van der Waals surface area contributed by atoms with Crippen LogP contribution in [0.1, 0.15) is 23.6 Å². The van der Waals surface area contributed by atoms with Gasteiger partial charge in [0.05, 0.1) is 12.2 Å². The first-order valence-corrected chi connectivity index (χ1v) is 10.3. The van der Waals surface area contributed by atoms with Crippen LogP contribution in [0.5, 0.6) is 0 Å². The normalized spacial score (nSPS) is 14.0. The van der Waals surface area contributed by atoms with E-state index in [1.165, 1.54) is 18.3 Å². The quantitative estimate of drug-likeness (QED) is 0.296. The SMILES string of the molecule is CCOC(=O)CN(N)/C=C(\N)C(=O)N1CCc2ccc(-c3ccc(C(F)(F)F)cc3)cc2C1. The summed E-state index contributed by atoms with van der Waals surface area (Å²) in [5, 5.41) is 0.992. The Morgan fingerprint density at radius 2 is 1.79 bits per heavy atom. The van der Waals surface area contributed by atoms with Gasteiger partial charge in [-0.05, 0) is 53.8 Å². The van der Waals surface area contributed by atoms with Gasteiger partial charge in [-0.2, -0.15) is 13.2 Å².